The normalized spacial score (nSPS) is 12.3. The standard InChI is InChI=1S/C14H16N2O2S/c1-10(8-17)16-13(18)9-19-14-12-5-3-2-4-11(12)6-7-15-14/h2-7,10,17H,8-9H2,1H3,(H,16,18)/t10-/m1/s1. The highest BCUT2D eigenvalue weighted by Gasteiger charge is 2.09. The van der Waals surface area contributed by atoms with Gasteiger partial charge in [0, 0.05) is 17.6 Å². The molecule has 1 aromatic heterocycles. The molecule has 4 nitrogen and oxygen atoms in total. The Hall–Kier alpha value is -1.59. The van der Waals surface area contributed by atoms with Crippen molar-refractivity contribution < 1.29 is 9.90 Å². The van der Waals surface area contributed by atoms with Crippen LogP contribution in [0.3, 0.4) is 0 Å². The molecule has 0 aliphatic carbocycles. The lowest BCUT2D eigenvalue weighted by atomic mass is 10.2. The Kier molecular flexibility index (Phi) is 4.76. The number of thioether (sulfide) groups is 1. The van der Waals surface area contributed by atoms with Crippen LogP contribution in [0.1, 0.15) is 6.92 Å². The van der Waals surface area contributed by atoms with Crippen molar-refractivity contribution in [2.24, 2.45) is 0 Å². The second-order valence-corrected chi connectivity index (χ2v) is 5.24. The van der Waals surface area contributed by atoms with E-state index in [1.807, 2.05) is 30.3 Å². The highest BCUT2D eigenvalue weighted by molar-refractivity contribution is 8.00. The first-order valence-electron chi connectivity index (χ1n) is 6.07. The minimum absolute atomic E-state index is 0.0527. The van der Waals surface area contributed by atoms with Crippen LogP contribution in [-0.2, 0) is 4.79 Å². The molecule has 5 heteroatoms. The van der Waals surface area contributed by atoms with Crippen LogP contribution in [0.5, 0.6) is 0 Å². The predicted molar refractivity (Wildman–Crippen MR) is 77.2 cm³/mol. The lowest BCUT2D eigenvalue weighted by molar-refractivity contribution is -0.119. The molecule has 0 unspecified atom stereocenters. The van der Waals surface area contributed by atoms with Gasteiger partial charge in [-0.3, -0.25) is 4.79 Å². The van der Waals surface area contributed by atoms with Gasteiger partial charge in [-0.25, -0.2) is 4.98 Å². The number of rotatable bonds is 5. The van der Waals surface area contributed by atoms with Crippen molar-refractivity contribution in [1.29, 1.82) is 0 Å². The average Bonchev–Trinajstić information content (AvgIpc) is 2.44. The first-order chi connectivity index (χ1) is 9.20. The van der Waals surface area contributed by atoms with Gasteiger partial charge in [-0.15, -0.1) is 0 Å². The van der Waals surface area contributed by atoms with E-state index >= 15 is 0 Å². The molecular weight excluding hydrogens is 260 g/mol. The van der Waals surface area contributed by atoms with E-state index in [4.69, 9.17) is 5.11 Å². The lowest BCUT2D eigenvalue weighted by Crippen LogP contribution is -2.36. The number of benzene rings is 1. The molecule has 1 amide bonds. The second-order valence-electron chi connectivity index (χ2n) is 4.28. The maximum absolute atomic E-state index is 11.7. The highest BCUT2D eigenvalue weighted by Crippen LogP contribution is 2.25. The van der Waals surface area contributed by atoms with E-state index in [1.165, 1.54) is 11.8 Å². The number of carbonyl (C=O) groups excluding carboxylic acids is 1. The van der Waals surface area contributed by atoms with Crippen LogP contribution in [0.15, 0.2) is 41.6 Å². The van der Waals surface area contributed by atoms with E-state index in [0.717, 1.165) is 15.8 Å². The van der Waals surface area contributed by atoms with Crippen LogP contribution in [0.2, 0.25) is 0 Å². The number of hydrogen-bond acceptors (Lipinski definition) is 4. The molecule has 0 saturated heterocycles. The van der Waals surface area contributed by atoms with Crippen LogP contribution < -0.4 is 5.32 Å². The van der Waals surface area contributed by atoms with E-state index in [9.17, 15) is 4.79 Å². The number of carbonyl (C=O) groups is 1. The number of aromatic nitrogens is 1. The fraction of sp³-hybridized carbons (Fsp3) is 0.286. The molecule has 0 aliphatic rings. The van der Waals surface area contributed by atoms with Gasteiger partial charge in [-0.05, 0) is 18.4 Å². The predicted octanol–water partition coefficient (Wildman–Crippen LogP) is 1.82. The fourth-order valence-electron chi connectivity index (χ4n) is 1.70. The molecule has 2 aromatic rings. The maximum Gasteiger partial charge on any atom is 0.230 e. The second kappa shape index (κ2) is 6.54. The zero-order valence-electron chi connectivity index (χ0n) is 10.7. The van der Waals surface area contributed by atoms with Gasteiger partial charge >= 0.3 is 0 Å². The highest BCUT2D eigenvalue weighted by atomic mass is 32.2. The summed E-state index contributed by atoms with van der Waals surface area (Å²) in [6, 6.07) is 9.70. The molecule has 1 atom stereocenters. The van der Waals surface area contributed by atoms with E-state index in [-0.39, 0.29) is 18.6 Å². The first-order valence-corrected chi connectivity index (χ1v) is 7.06. The molecule has 1 aromatic carbocycles. The minimum Gasteiger partial charge on any atom is -0.394 e. The summed E-state index contributed by atoms with van der Waals surface area (Å²) >= 11 is 1.41. The number of amides is 1. The molecule has 0 radical (unpaired) electrons. The van der Waals surface area contributed by atoms with Crippen molar-refractivity contribution in [3.05, 3.63) is 36.5 Å². The minimum atomic E-state index is -0.214. The average molecular weight is 276 g/mol. The number of hydrogen-bond donors (Lipinski definition) is 2. The number of nitrogens with zero attached hydrogens (tertiary/aromatic N) is 1. The van der Waals surface area contributed by atoms with Crippen LogP contribution >= 0.6 is 11.8 Å². The van der Waals surface area contributed by atoms with Crippen LogP contribution in [-0.4, -0.2) is 34.4 Å². The van der Waals surface area contributed by atoms with Gasteiger partial charge in [0.05, 0.1) is 12.4 Å². The maximum atomic E-state index is 11.7. The topological polar surface area (TPSA) is 62.2 Å². The summed E-state index contributed by atoms with van der Waals surface area (Å²) in [5.74, 6) is 0.201. The summed E-state index contributed by atoms with van der Waals surface area (Å²) in [7, 11) is 0. The molecule has 0 saturated carbocycles. The largest absolute Gasteiger partial charge is 0.394 e. The summed E-state index contributed by atoms with van der Waals surface area (Å²) in [6.45, 7) is 1.71. The van der Waals surface area contributed by atoms with Gasteiger partial charge in [-0.1, -0.05) is 36.0 Å². The van der Waals surface area contributed by atoms with Gasteiger partial charge < -0.3 is 10.4 Å². The van der Waals surface area contributed by atoms with Crippen molar-refractivity contribution in [3.63, 3.8) is 0 Å². The molecule has 0 bridgehead atoms. The van der Waals surface area contributed by atoms with Gasteiger partial charge in [0.25, 0.3) is 0 Å². The van der Waals surface area contributed by atoms with Crippen molar-refractivity contribution in [3.8, 4) is 0 Å². The summed E-state index contributed by atoms with van der Waals surface area (Å²) in [5.41, 5.74) is 0. The Morgan fingerprint density at radius 3 is 3.00 bits per heavy atom. The summed E-state index contributed by atoms with van der Waals surface area (Å²) in [6.07, 6.45) is 1.75. The third-order valence-electron chi connectivity index (χ3n) is 2.66. The van der Waals surface area contributed by atoms with Crippen LogP contribution in [0, 0.1) is 0 Å². The molecule has 2 N–H and O–H groups in total. The third kappa shape index (κ3) is 3.68. The zero-order valence-corrected chi connectivity index (χ0v) is 11.5. The summed E-state index contributed by atoms with van der Waals surface area (Å²) in [4.78, 5) is 16.0. The summed E-state index contributed by atoms with van der Waals surface area (Å²) < 4.78 is 0. The van der Waals surface area contributed by atoms with Crippen molar-refractivity contribution >= 4 is 28.4 Å². The lowest BCUT2D eigenvalue weighted by Gasteiger charge is -2.10. The SMILES string of the molecule is C[C@H](CO)NC(=O)CSc1nccc2ccccc12. The molecule has 0 aliphatic heterocycles. The van der Waals surface area contributed by atoms with Crippen LogP contribution in [0.4, 0.5) is 0 Å². The quantitative estimate of drug-likeness (QED) is 0.818. The van der Waals surface area contributed by atoms with Crippen molar-refractivity contribution in [2.45, 2.75) is 18.0 Å². The van der Waals surface area contributed by atoms with Crippen molar-refractivity contribution in [1.82, 2.24) is 10.3 Å². The Labute approximate surface area is 116 Å². The molecule has 0 spiro atoms. The van der Waals surface area contributed by atoms with Gasteiger partial charge in [-0.2, -0.15) is 0 Å². The third-order valence-corrected chi connectivity index (χ3v) is 3.66. The Morgan fingerprint density at radius 2 is 2.21 bits per heavy atom. The van der Waals surface area contributed by atoms with Gasteiger partial charge in [0.2, 0.25) is 5.91 Å². The Bertz CT molecular complexity index is 569. The number of pyridine rings is 1. The molecule has 19 heavy (non-hydrogen) atoms. The summed E-state index contributed by atoms with van der Waals surface area (Å²) in [5, 5.41) is 14.6. The van der Waals surface area contributed by atoms with Gasteiger partial charge in [0.1, 0.15) is 5.03 Å². The van der Waals surface area contributed by atoms with E-state index in [0.29, 0.717) is 5.75 Å². The molecule has 1 heterocycles. The van der Waals surface area contributed by atoms with E-state index < -0.39 is 0 Å². The fourth-order valence-corrected chi connectivity index (χ4v) is 2.53. The number of aliphatic hydroxyl groups excluding tert-OH is 1. The smallest absolute Gasteiger partial charge is 0.230 e. The van der Waals surface area contributed by atoms with E-state index in [2.05, 4.69) is 10.3 Å². The zero-order chi connectivity index (χ0) is 13.7. The molecule has 0 fully saturated rings. The first kappa shape index (κ1) is 13.8. The molecular formula is C14H16N2O2S. The number of nitrogens with one attached hydrogen (secondary N) is 1. The van der Waals surface area contributed by atoms with E-state index in [1.54, 1.807) is 13.1 Å². The molecule has 100 valence electrons. The van der Waals surface area contributed by atoms with Gasteiger partial charge in [0.15, 0.2) is 0 Å². The van der Waals surface area contributed by atoms with Crippen LogP contribution in [0.25, 0.3) is 10.8 Å². The molecule has 2 rings (SSSR count). The monoisotopic (exact) mass is 276 g/mol. The Balaban J connectivity index is 2.04. The van der Waals surface area contributed by atoms with Crippen molar-refractivity contribution in [2.75, 3.05) is 12.4 Å². The number of fused-ring (bicyclic) bond motifs is 1. The number of aliphatic hydroxyl groups is 1. The Morgan fingerprint density at radius 1 is 1.42 bits per heavy atom.